The largest absolute Gasteiger partial charge is 0.497 e. The molecule has 1 fully saturated rings. The SMILES string of the molecule is COc1ccc(-c2nn(-c3ccccc3)cc2CN2CCN(c3ccc(C(C)=O)cc3)CC2)cc1. The number of piperazine rings is 1. The van der Waals surface area contributed by atoms with Gasteiger partial charge in [0.1, 0.15) is 5.75 Å². The van der Waals surface area contributed by atoms with E-state index in [-0.39, 0.29) is 5.78 Å². The summed E-state index contributed by atoms with van der Waals surface area (Å²) in [5.74, 6) is 0.940. The van der Waals surface area contributed by atoms with E-state index >= 15 is 0 Å². The highest BCUT2D eigenvalue weighted by molar-refractivity contribution is 5.94. The maximum absolute atomic E-state index is 11.6. The second-order valence-corrected chi connectivity index (χ2v) is 8.88. The fraction of sp³-hybridized carbons (Fsp3) is 0.241. The normalized spacial score (nSPS) is 14.2. The van der Waals surface area contributed by atoms with Crippen LogP contribution in [0, 0.1) is 0 Å². The van der Waals surface area contributed by atoms with Gasteiger partial charge >= 0.3 is 0 Å². The lowest BCUT2D eigenvalue weighted by Gasteiger charge is -2.36. The van der Waals surface area contributed by atoms with Gasteiger partial charge in [-0.15, -0.1) is 0 Å². The Morgan fingerprint density at radius 3 is 2.17 bits per heavy atom. The maximum atomic E-state index is 11.6. The number of rotatable bonds is 7. The third-order valence-corrected chi connectivity index (χ3v) is 6.58. The monoisotopic (exact) mass is 466 g/mol. The summed E-state index contributed by atoms with van der Waals surface area (Å²) < 4.78 is 7.31. The van der Waals surface area contributed by atoms with E-state index in [2.05, 4.69) is 52.4 Å². The molecule has 6 nitrogen and oxygen atoms in total. The Hall–Kier alpha value is -3.90. The third kappa shape index (κ3) is 5.12. The Bertz CT molecular complexity index is 1270. The number of carbonyl (C=O) groups excluding carboxylic acids is 1. The molecule has 1 aliphatic rings. The van der Waals surface area contributed by atoms with E-state index in [1.807, 2.05) is 47.1 Å². The molecule has 0 bridgehead atoms. The molecular formula is C29H30N4O2. The molecule has 0 atom stereocenters. The van der Waals surface area contributed by atoms with Gasteiger partial charge in [0.2, 0.25) is 0 Å². The Balaban J connectivity index is 1.33. The van der Waals surface area contributed by atoms with Gasteiger partial charge in [-0.05, 0) is 67.6 Å². The molecule has 0 unspecified atom stereocenters. The van der Waals surface area contributed by atoms with E-state index < -0.39 is 0 Å². The highest BCUT2D eigenvalue weighted by Crippen LogP contribution is 2.27. The topological polar surface area (TPSA) is 50.6 Å². The van der Waals surface area contributed by atoms with Gasteiger partial charge in [-0.3, -0.25) is 9.69 Å². The Kier molecular flexibility index (Phi) is 6.64. The van der Waals surface area contributed by atoms with Crippen molar-refractivity contribution in [3.8, 4) is 22.7 Å². The van der Waals surface area contributed by atoms with Gasteiger partial charge in [-0.25, -0.2) is 4.68 Å². The molecule has 1 aliphatic heterocycles. The number of Topliss-reactive ketones (excluding diaryl/α,β-unsaturated/α-hetero) is 1. The standard InChI is InChI=1S/C29H30N4O2/c1-22(34)23-8-12-26(13-9-23)32-18-16-31(17-19-32)20-25-21-33(27-6-4-3-5-7-27)30-29(25)24-10-14-28(35-2)15-11-24/h3-15,21H,16-20H2,1-2H3. The van der Waals surface area contributed by atoms with Crippen LogP contribution in [0.5, 0.6) is 5.75 Å². The van der Waals surface area contributed by atoms with Crippen molar-refractivity contribution < 1.29 is 9.53 Å². The number of methoxy groups -OCH3 is 1. The zero-order valence-corrected chi connectivity index (χ0v) is 20.2. The molecule has 35 heavy (non-hydrogen) atoms. The molecule has 2 heterocycles. The lowest BCUT2D eigenvalue weighted by molar-refractivity contribution is 0.101. The van der Waals surface area contributed by atoms with Gasteiger partial charge in [0.05, 0.1) is 18.5 Å². The molecule has 5 rings (SSSR count). The average Bonchev–Trinajstić information content (AvgIpc) is 3.33. The quantitative estimate of drug-likeness (QED) is 0.356. The summed E-state index contributed by atoms with van der Waals surface area (Å²) in [4.78, 5) is 16.4. The van der Waals surface area contributed by atoms with Crippen molar-refractivity contribution in [3.63, 3.8) is 0 Å². The van der Waals surface area contributed by atoms with Crippen LogP contribution < -0.4 is 9.64 Å². The first-order valence-electron chi connectivity index (χ1n) is 12.0. The van der Waals surface area contributed by atoms with E-state index in [1.54, 1.807) is 14.0 Å². The first kappa shape index (κ1) is 22.9. The fourth-order valence-corrected chi connectivity index (χ4v) is 4.54. The maximum Gasteiger partial charge on any atom is 0.159 e. The minimum absolute atomic E-state index is 0.102. The number of ether oxygens (including phenoxy) is 1. The average molecular weight is 467 g/mol. The summed E-state index contributed by atoms with van der Waals surface area (Å²) in [5, 5.41) is 4.97. The Morgan fingerprint density at radius 1 is 0.857 bits per heavy atom. The lowest BCUT2D eigenvalue weighted by atomic mass is 10.1. The van der Waals surface area contributed by atoms with Crippen LogP contribution in [-0.2, 0) is 6.54 Å². The zero-order valence-electron chi connectivity index (χ0n) is 20.2. The number of carbonyl (C=O) groups is 1. The third-order valence-electron chi connectivity index (χ3n) is 6.58. The minimum atomic E-state index is 0.102. The highest BCUT2D eigenvalue weighted by atomic mass is 16.5. The number of aromatic nitrogens is 2. The summed E-state index contributed by atoms with van der Waals surface area (Å²) in [5.41, 5.74) is 6.27. The van der Waals surface area contributed by atoms with E-state index in [9.17, 15) is 4.79 Å². The molecule has 0 saturated carbocycles. The van der Waals surface area contributed by atoms with Gasteiger partial charge in [0.25, 0.3) is 0 Å². The molecule has 0 radical (unpaired) electrons. The van der Waals surface area contributed by atoms with Gasteiger partial charge in [0, 0.05) is 61.3 Å². The van der Waals surface area contributed by atoms with Crippen molar-refractivity contribution in [3.05, 3.63) is 96.2 Å². The van der Waals surface area contributed by atoms with Crippen LogP contribution in [0.1, 0.15) is 22.8 Å². The molecule has 0 spiro atoms. The Morgan fingerprint density at radius 2 is 1.54 bits per heavy atom. The molecule has 1 saturated heterocycles. The van der Waals surface area contributed by atoms with Crippen molar-refractivity contribution in [1.29, 1.82) is 0 Å². The Labute approximate surface area is 206 Å². The lowest BCUT2D eigenvalue weighted by Crippen LogP contribution is -2.46. The summed E-state index contributed by atoms with van der Waals surface area (Å²) in [6.07, 6.45) is 2.15. The van der Waals surface area contributed by atoms with E-state index in [0.717, 1.165) is 61.0 Å². The van der Waals surface area contributed by atoms with Crippen molar-refractivity contribution in [2.75, 3.05) is 38.2 Å². The number of para-hydroxylation sites is 1. The highest BCUT2D eigenvalue weighted by Gasteiger charge is 2.21. The number of anilines is 1. The second-order valence-electron chi connectivity index (χ2n) is 8.88. The van der Waals surface area contributed by atoms with Crippen LogP contribution in [0.15, 0.2) is 85.1 Å². The smallest absolute Gasteiger partial charge is 0.159 e. The van der Waals surface area contributed by atoms with E-state index in [4.69, 9.17) is 9.84 Å². The predicted octanol–water partition coefficient (Wildman–Crippen LogP) is 5.07. The summed E-state index contributed by atoms with van der Waals surface area (Å²) in [7, 11) is 1.68. The van der Waals surface area contributed by atoms with E-state index in [1.165, 1.54) is 11.3 Å². The molecule has 178 valence electrons. The first-order chi connectivity index (χ1) is 17.1. The molecule has 0 aliphatic carbocycles. The summed E-state index contributed by atoms with van der Waals surface area (Å²) >= 11 is 0. The molecule has 4 aromatic rings. The number of hydrogen-bond donors (Lipinski definition) is 0. The number of ketones is 1. The predicted molar refractivity (Wildman–Crippen MR) is 139 cm³/mol. The van der Waals surface area contributed by atoms with Crippen LogP contribution in [0.2, 0.25) is 0 Å². The van der Waals surface area contributed by atoms with Crippen molar-refractivity contribution in [1.82, 2.24) is 14.7 Å². The van der Waals surface area contributed by atoms with Gasteiger partial charge in [-0.1, -0.05) is 18.2 Å². The van der Waals surface area contributed by atoms with Crippen molar-refractivity contribution >= 4 is 11.5 Å². The first-order valence-corrected chi connectivity index (χ1v) is 12.0. The molecular weight excluding hydrogens is 436 g/mol. The van der Waals surface area contributed by atoms with Crippen LogP contribution in [0.3, 0.4) is 0 Å². The number of nitrogens with zero attached hydrogens (tertiary/aromatic N) is 4. The summed E-state index contributed by atoms with van der Waals surface area (Å²) in [6.45, 7) is 6.27. The van der Waals surface area contributed by atoms with Crippen LogP contribution >= 0.6 is 0 Å². The fourth-order valence-electron chi connectivity index (χ4n) is 4.54. The minimum Gasteiger partial charge on any atom is -0.497 e. The summed E-state index contributed by atoms with van der Waals surface area (Å²) in [6, 6.07) is 26.3. The van der Waals surface area contributed by atoms with E-state index in [0.29, 0.717) is 0 Å². The molecule has 1 aromatic heterocycles. The van der Waals surface area contributed by atoms with Gasteiger partial charge < -0.3 is 9.64 Å². The van der Waals surface area contributed by atoms with Gasteiger partial charge in [-0.2, -0.15) is 5.10 Å². The van der Waals surface area contributed by atoms with Crippen molar-refractivity contribution in [2.24, 2.45) is 0 Å². The molecule has 0 N–H and O–H groups in total. The van der Waals surface area contributed by atoms with Crippen LogP contribution in [0.25, 0.3) is 16.9 Å². The second kappa shape index (κ2) is 10.2. The van der Waals surface area contributed by atoms with Crippen molar-refractivity contribution in [2.45, 2.75) is 13.5 Å². The number of benzene rings is 3. The number of hydrogen-bond acceptors (Lipinski definition) is 5. The zero-order chi connectivity index (χ0) is 24.2. The van der Waals surface area contributed by atoms with Crippen LogP contribution in [0.4, 0.5) is 5.69 Å². The molecule has 3 aromatic carbocycles. The van der Waals surface area contributed by atoms with Crippen LogP contribution in [-0.4, -0.2) is 53.8 Å². The molecule has 6 heteroatoms. The molecule has 0 amide bonds. The van der Waals surface area contributed by atoms with Gasteiger partial charge in [0.15, 0.2) is 5.78 Å².